The van der Waals surface area contributed by atoms with Gasteiger partial charge in [-0.25, -0.2) is 4.79 Å². The number of nitrogens with zero attached hydrogens (tertiary/aromatic N) is 4. The number of amides is 3. The Morgan fingerprint density at radius 2 is 1.79 bits per heavy atom. The molecule has 8 nitrogen and oxygen atoms in total. The highest BCUT2D eigenvalue weighted by Gasteiger charge is 2.52. The molecule has 3 aliphatic heterocycles. The highest BCUT2D eigenvalue weighted by atomic mass is 16.2. The summed E-state index contributed by atoms with van der Waals surface area (Å²) < 4.78 is 0. The topological polar surface area (TPSA) is 74.4 Å². The second-order valence-corrected chi connectivity index (χ2v) is 11.3. The SMILES string of the molecule is CCN1CCCCC1c1ccc(C[NH+]2[N-]C3C(C(=O)N(C)C(=O)N3CC(C)C)C2Nc2ccccc2)cc1. The van der Waals surface area contributed by atoms with Crippen molar-refractivity contribution >= 4 is 17.6 Å². The van der Waals surface area contributed by atoms with E-state index in [1.54, 1.807) is 11.9 Å². The number of carbonyl (C=O) groups is 2. The molecule has 0 spiro atoms. The number of fused-ring (bicyclic) bond motifs is 1. The van der Waals surface area contributed by atoms with Crippen molar-refractivity contribution < 1.29 is 14.6 Å². The van der Waals surface area contributed by atoms with Gasteiger partial charge in [0.2, 0.25) is 5.91 Å². The fourth-order valence-corrected chi connectivity index (χ4v) is 6.30. The number of carbonyl (C=O) groups excluding carboxylic acids is 2. The second kappa shape index (κ2) is 11.4. The number of piperidine rings is 1. The highest BCUT2D eigenvalue weighted by molar-refractivity contribution is 5.99. The Morgan fingerprint density at radius 3 is 2.47 bits per heavy atom. The number of imide groups is 1. The first-order valence-corrected chi connectivity index (χ1v) is 14.2. The lowest BCUT2D eigenvalue weighted by atomic mass is 9.94. The molecule has 3 aliphatic rings. The van der Waals surface area contributed by atoms with Crippen molar-refractivity contribution in [3.8, 4) is 0 Å². The summed E-state index contributed by atoms with van der Waals surface area (Å²) in [6, 6.07) is 19.2. The molecule has 3 saturated heterocycles. The molecule has 2 aromatic rings. The molecule has 5 unspecified atom stereocenters. The van der Waals surface area contributed by atoms with E-state index in [4.69, 9.17) is 5.43 Å². The lowest BCUT2D eigenvalue weighted by Crippen LogP contribution is -3.10. The molecule has 204 valence electrons. The predicted octanol–water partition coefficient (Wildman–Crippen LogP) is 3.85. The van der Waals surface area contributed by atoms with Gasteiger partial charge in [-0.2, -0.15) is 0 Å². The minimum atomic E-state index is -0.482. The average Bonchev–Trinajstić information content (AvgIpc) is 3.28. The van der Waals surface area contributed by atoms with E-state index in [1.807, 2.05) is 30.3 Å². The van der Waals surface area contributed by atoms with Crippen molar-refractivity contribution in [3.63, 3.8) is 0 Å². The molecular formula is C30H42N6O2. The Bertz CT molecular complexity index is 1110. The molecule has 0 saturated carbocycles. The van der Waals surface area contributed by atoms with Crippen LogP contribution in [0, 0.1) is 11.8 Å². The molecule has 3 heterocycles. The maximum atomic E-state index is 13.5. The third-order valence-corrected chi connectivity index (χ3v) is 8.23. The van der Waals surface area contributed by atoms with Crippen LogP contribution >= 0.6 is 0 Å². The van der Waals surface area contributed by atoms with Crippen molar-refractivity contribution in [1.82, 2.24) is 14.7 Å². The van der Waals surface area contributed by atoms with Gasteiger partial charge in [0.15, 0.2) is 6.17 Å². The van der Waals surface area contributed by atoms with E-state index in [0.717, 1.165) is 17.2 Å². The van der Waals surface area contributed by atoms with E-state index >= 15 is 0 Å². The van der Waals surface area contributed by atoms with E-state index < -0.39 is 12.1 Å². The zero-order chi connectivity index (χ0) is 26.8. The molecule has 3 fully saturated rings. The van der Waals surface area contributed by atoms with Crippen molar-refractivity contribution in [2.45, 2.75) is 65.0 Å². The molecule has 0 bridgehead atoms. The van der Waals surface area contributed by atoms with Crippen molar-refractivity contribution in [2.75, 3.05) is 32.0 Å². The van der Waals surface area contributed by atoms with Gasteiger partial charge in [-0.05, 0) is 49.5 Å². The third-order valence-electron chi connectivity index (χ3n) is 8.23. The second-order valence-electron chi connectivity index (χ2n) is 11.3. The first-order chi connectivity index (χ1) is 18.4. The van der Waals surface area contributed by atoms with E-state index in [2.05, 4.69) is 55.3 Å². The number of hydrogen-bond acceptors (Lipinski definition) is 4. The van der Waals surface area contributed by atoms with Gasteiger partial charge in [-0.3, -0.25) is 14.6 Å². The number of quaternary nitrogens is 1. The smallest absolute Gasteiger partial charge is 0.325 e. The van der Waals surface area contributed by atoms with Gasteiger partial charge in [-0.15, -0.1) is 0 Å². The zero-order valence-corrected chi connectivity index (χ0v) is 23.1. The molecule has 0 radical (unpaired) electrons. The summed E-state index contributed by atoms with van der Waals surface area (Å²) in [5.74, 6) is -0.346. The highest BCUT2D eigenvalue weighted by Crippen LogP contribution is 2.33. The lowest BCUT2D eigenvalue weighted by molar-refractivity contribution is -0.890. The van der Waals surface area contributed by atoms with Gasteiger partial charge < -0.3 is 20.7 Å². The van der Waals surface area contributed by atoms with Gasteiger partial charge in [0.25, 0.3) is 0 Å². The number of nitrogens with one attached hydrogen (secondary N) is 2. The Hall–Kier alpha value is -2.94. The van der Waals surface area contributed by atoms with Crippen LogP contribution in [0.3, 0.4) is 0 Å². The lowest BCUT2D eigenvalue weighted by Gasteiger charge is -2.44. The summed E-state index contributed by atoms with van der Waals surface area (Å²) >= 11 is 0. The summed E-state index contributed by atoms with van der Waals surface area (Å²) in [6.45, 7) is 9.88. The van der Waals surface area contributed by atoms with Crippen LogP contribution in [0.2, 0.25) is 0 Å². The van der Waals surface area contributed by atoms with E-state index in [9.17, 15) is 9.59 Å². The molecule has 2 aromatic carbocycles. The maximum absolute atomic E-state index is 13.5. The van der Waals surface area contributed by atoms with Gasteiger partial charge in [-0.1, -0.05) is 69.7 Å². The first-order valence-electron chi connectivity index (χ1n) is 14.2. The van der Waals surface area contributed by atoms with Crippen molar-refractivity contribution in [3.05, 3.63) is 71.1 Å². The number of benzene rings is 2. The molecule has 0 aromatic heterocycles. The largest absolute Gasteiger partial charge is 0.430 e. The number of likely N-dealkylation sites (tertiary alicyclic amines) is 1. The van der Waals surface area contributed by atoms with Crippen LogP contribution in [0.15, 0.2) is 54.6 Å². The van der Waals surface area contributed by atoms with Crippen molar-refractivity contribution in [2.24, 2.45) is 11.8 Å². The summed E-state index contributed by atoms with van der Waals surface area (Å²) in [7, 11) is 1.59. The van der Waals surface area contributed by atoms with Crippen LogP contribution in [0.4, 0.5) is 10.5 Å². The average molecular weight is 519 g/mol. The van der Waals surface area contributed by atoms with Crippen LogP contribution in [-0.2, 0) is 11.3 Å². The number of rotatable bonds is 8. The molecule has 5 rings (SSSR count). The molecule has 38 heavy (non-hydrogen) atoms. The normalized spacial score (nSPS) is 28.2. The Kier molecular flexibility index (Phi) is 8.02. The van der Waals surface area contributed by atoms with Gasteiger partial charge in [0.05, 0.1) is 6.54 Å². The molecule has 0 aliphatic carbocycles. The number of urea groups is 1. The minimum absolute atomic E-state index is 0.167. The summed E-state index contributed by atoms with van der Waals surface area (Å²) in [5, 5.41) is 4.53. The van der Waals surface area contributed by atoms with E-state index in [-0.39, 0.29) is 24.0 Å². The third kappa shape index (κ3) is 5.30. The number of anilines is 1. The van der Waals surface area contributed by atoms with Crippen molar-refractivity contribution in [1.29, 1.82) is 0 Å². The summed E-state index contributed by atoms with van der Waals surface area (Å²) in [4.78, 5) is 32.2. The van der Waals surface area contributed by atoms with E-state index in [1.165, 1.54) is 41.8 Å². The number of para-hydroxylation sites is 1. The monoisotopic (exact) mass is 518 g/mol. The van der Waals surface area contributed by atoms with Crippen LogP contribution in [0.5, 0.6) is 0 Å². The Morgan fingerprint density at radius 1 is 1.05 bits per heavy atom. The molecule has 8 heteroatoms. The number of hydrogen-bond donors (Lipinski definition) is 2. The van der Waals surface area contributed by atoms with Gasteiger partial charge in [0, 0.05) is 37.1 Å². The van der Waals surface area contributed by atoms with E-state index in [0.29, 0.717) is 19.1 Å². The van der Waals surface area contributed by atoms with Gasteiger partial charge >= 0.3 is 6.03 Å². The zero-order valence-electron chi connectivity index (χ0n) is 23.1. The van der Waals surface area contributed by atoms with Crippen LogP contribution in [-0.4, -0.2) is 65.7 Å². The first kappa shape index (κ1) is 26.7. The fourth-order valence-electron chi connectivity index (χ4n) is 6.30. The Balaban J connectivity index is 1.41. The Labute approximate surface area is 226 Å². The minimum Gasteiger partial charge on any atom is -0.430 e. The predicted molar refractivity (Wildman–Crippen MR) is 149 cm³/mol. The van der Waals surface area contributed by atoms with Crippen LogP contribution in [0.1, 0.15) is 57.2 Å². The molecule has 2 N–H and O–H groups in total. The van der Waals surface area contributed by atoms with Crippen LogP contribution < -0.4 is 10.3 Å². The molecular weight excluding hydrogens is 476 g/mol. The molecule has 3 amide bonds. The van der Waals surface area contributed by atoms with Gasteiger partial charge in [0.1, 0.15) is 5.92 Å². The fraction of sp³-hybridized carbons (Fsp3) is 0.533. The standard InChI is InChI=1S/C30H42N6O2/c1-5-34-18-10-9-13-25(34)23-16-14-22(15-17-23)20-36-27(31-24-11-7-6-8-12-24)26-28(32-36)35(19-21(2)3)30(38)33(4)29(26)37/h6-8,11-12,14-17,21,25-28,31,36H,5,9-10,13,18-20H2,1-4H3. The molecule has 5 atom stereocenters. The quantitative estimate of drug-likeness (QED) is 0.557. The van der Waals surface area contributed by atoms with Crippen LogP contribution in [0.25, 0.3) is 5.43 Å². The summed E-state index contributed by atoms with van der Waals surface area (Å²) in [6.07, 6.45) is 3.01. The maximum Gasteiger partial charge on any atom is 0.325 e. The summed E-state index contributed by atoms with van der Waals surface area (Å²) in [5.41, 5.74) is 8.59.